The third-order valence-electron chi connectivity index (χ3n) is 6.29. The van der Waals surface area contributed by atoms with Gasteiger partial charge < -0.3 is 19.3 Å². The van der Waals surface area contributed by atoms with E-state index in [0.29, 0.717) is 41.7 Å². The molecular formula is C29H31ClN2O4. The van der Waals surface area contributed by atoms with Gasteiger partial charge >= 0.3 is 0 Å². The molecule has 0 atom stereocenters. The maximum atomic E-state index is 13.6. The van der Waals surface area contributed by atoms with Gasteiger partial charge in [-0.15, -0.1) is 0 Å². The molecule has 4 rings (SSSR count). The Balaban J connectivity index is 1.57. The van der Waals surface area contributed by atoms with Crippen LogP contribution in [0, 0.1) is 0 Å². The van der Waals surface area contributed by atoms with Crippen LogP contribution < -0.4 is 14.4 Å². The minimum absolute atomic E-state index is 0.0593. The van der Waals surface area contributed by atoms with E-state index in [4.69, 9.17) is 21.1 Å². The number of fused-ring (bicyclic) bond motifs is 1. The zero-order valence-corrected chi connectivity index (χ0v) is 21.2. The quantitative estimate of drug-likeness (QED) is 0.427. The Labute approximate surface area is 217 Å². The van der Waals surface area contributed by atoms with Crippen molar-refractivity contribution in [3.05, 3.63) is 88.9 Å². The van der Waals surface area contributed by atoms with Crippen molar-refractivity contribution in [3.8, 4) is 11.5 Å². The van der Waals surface area contributed by atoms with Crippen LogP contribution in [0.15, 0.2) is 72.8 Å². The summed E-state index contributed by atoms with van der Waals surface area (Å²) in [6.07, 6.45) is 3.75. The van der Waals surface area contributed by atoms with Crippen LogP contribution >= 0.6 is 11.6 Å². The fourth-order valence-corrected chi connectivity index (χ4v) is 4.47. The first kappa shape index (κ1) is 25.6. The highest BCUT2D eigenvalue weighted by Gasteiger charge is 2.23. The van der Waals surface area contributed by atoms with Gasteiger partial charge in [-0.2, -0.15) is 0 Å². The zero-order chi connectivity index (χ0) is 25.3. The molecular weight excluding hydrogens is 476 g/mol. The van der Waals surface area contributed by atoms with E-state index in [0.717, 1.165) is 36.9 Å². The Kier molecular flexibility index (Phi) is 8.85. The summed E-state index contributed by atoms with van der Waals surface area (Å²) in [5.41, 5.74) is 2.32. The Hall–Kier alpha value is -3.51. The van der Waals surface area contributed by atoms with Crippen molar-refractivity contribution in [2.45, 2.75) is 32.2 Å². The first-order chi connectivity index (χ1) is 17.5. The molecule has 1 aliphatic rings. The zero-order valence-electron chi connectivity index (χ0n) is 20.5. The number of hydrogen-bond acceptors (Lipinski definition) is 4. The number of benzene rings is 3. The number of rotatable bonds is 5. The van der Waals surface area contributed by atoms with Gasteiger partial charge in [-0.1, -0.05) is 48.7 Å². The van der Waals surface area contributed by atoms with Gasteiger partial charge in [0.05, 0.1) is 7.11 Å². The molecule has 3 aromatic carbocycles. The van der Waals surface area contributed by atoms with E-state index in [1.807, 2.05) is 52.3 Å². The summed E-state index contributed by atoms with van der Waals surface area (Å²) >= 11 is 5.94. The number of para-hydroxylation sites is 1. The number of carbonyl (C=O) groups excluding carboxylic acids is 2. The van der Waals surface area contributed by atoms with E-state index >= 15 is 0 Å². The Morgan fingerprint density at radius 2 is 1.61 bits per heavy atom. The van der Waals surface area contributed by atoms with Crippen molar-refractivity contribution in [1.29, 1.82) is 0 Å². The van der Waals surface area contributed by atoms with Gasteiger partial charge in [-0.25, -0.2) is 0 Å². The molecule has 6 nitrogen and oxygen atoms in total. The summed E-state index contributed by atoms with van der Waals surface area (Å²) in [5, 5.41) is 0.616. The maximum absolute atomic E-state index is 13.6. The number of carbonyl (C=O) groups is 2. The number of amides is 2. The second-order valence-electron chi connectivity index (χ2n) is 8.79. The second kappa shape index (κ2) is 12.5. The maximum Gasteiger partial charge on any atom is 0.260 e. The molecule has 3 aromatic rings. The summed E-state index contributed by atoms with van der Waals surface area (Å²) < 4.78 is 11.1. The van der Waals surface area contributed by atoms with Gasteiger partial charge in [-0.3, -0.25) is 9.59 Å². The van der Waals surface area contributed by atoms with Crippen LogP contribution in [0.3, 0.4) is 0 Å². The van der Waals surface area contributed by atoms with Crippen LogP contribution in [0.25, 0.3) is 0 Å². The first-order valence-corrected chi connectivity index (χ1v) is 12.6. The molecule has 7 heteroatoms. The molecule has 0 spiro atoms. The Morgan fingerprint density at radius 1 is 0.861 bits per heavy atom. The van der Waals surface area contributed by atoms with Crippen LogP contribution in [0.4, 0.5) is 5.69 Å². The van der Waals surface area contributed by atoms with Crippen LogP contribution in [-0.2, 0) is 11.3 Å². The summed E-state index contributed by atoms with van der Waals surface area (Å²) in [6, 6.07) is 22.0. The first-order valence-electron chi connectivity index (χ1n) is 12.2. The number of methoxy groups -OCH3 is 1. The summed E-state index contributed by atoms with van der Waals surface area (Å²) in [4.78, 5) is 30.5. The second-order valence-corrected chi connectivity index (χ2v) is 9.23. The number of hydrogen-bond donors (Lipinski definition) is 0. The van der Waals surface area contributed by atoms with Gasteiger partial charge in [0.25, 0.3) is 11.8 Å². The number of nitrogens with zero attached hydrogens (tertiary/aromatic N) is 2. The standard InChI is InChI=1S/C29H31ClN2O4/c1-35-26-11-8-10-22(19-26)29(34)32-18-7-3-2-6-17-31(20-23-9-4-5-12-27(23)32)28(33)21-36-25-15-13-24(30)14-16-25/h4-5,8-16,19H,2-3,6-7,17-18,20-21H2,1H3. The van der Waals surface area contributed by atoms with Gasteiger partial charge in [0.2, 0.25) is 0 Å². The molecule has 36 heavy (non-hydrogen) atoms. The third-order valence-corrected chi connectivity index (χ3v) is 6.55. The van der Waals surface area contributed by atoms with E-state index < -0.39 is 0 Å². The molecule has 1 aliphatic heterocycles. The molecule has 188 valence electrons. The Morgan fingerprint density at radius 3 is 2.39 bits per heavy atom. The monoisotopic (exact) mass is 506 g/mol. The summed E-state index contributed by atoms with van der Waals surface area (Å²) in [5.74, 6) is 1.07. The minimum atomic E-state index is -0.0929. The van der Waals surface area contributed by atoms with Crippen LogP contribution in [0.2, 0.25) is 5.02 Å². The van der Waals surface area contributed by atoms with Crippen molar-refractivity contribution in [2.24, 2.45) is 0 Å². The van der Waals surface area contributed by atoms with Crippen molar-refractivity contribution < 1.29 is 19.1 Å². The smallest absolute Gasteiger partial charge is 0.260 e. The van der Waals surface area contributed by atoms with Crippen molar-refractivity contribution in [1.82, 2.24) is 4.90 Å². The third kappa shape index (κ3) is 6.58. The van der Waals surface area contributed by atoms with Gasteiger partial charge in [0, 0.05) is 35.9 Å². The van der Waals surface area contributed by atoms with E-state index in [1.165, 1.54) is 0 Å². The molecule has 0 aromatic heterocycles. The van der Waals surface area contributed by atoms with Crippen LogP contribution in [-0.4, -0.2) is 43.5 Å². The highest BCUT2D eigenvalue weighted by molar-refractivity contribution is 6.30. The lowest BCUT2D eigenvalue weighted by Gasteiger charge is -2.28. The lowest BCUT2D eigenvalue weighted by molar-refractivity contribution is -0.134. The molecule has 0 N–H and O–H groups in total. The van der Waals surface area contributed by atoms with Crippen LogP contribution in [0.5, 0.6) is 11.5 Å². The molecule has 2 amide bonds. The normalized spacial score (nSPS) is 14.4. The van der Waals surface area contributed by atoms with E-state index in [9.17, 15) is 9.59 Å². The molecule has 0 radical (unpaired) electrons. The highest BCUT2D eigenvalue weighted by atomic mass is 35.5. The molecule has 1 heterocycles. The number of halogens is 1. The SMILES string of the molecule is COc1cccc(C(=O)N2CCCCCCN(C(=O)COc3ccc(Cl)cc3)Cc3ccccc32)c1. The number of ether oxygens (including phenoxy) is 2. The lowest BCUT2D eigenvalue weighted by atomic mass is 10.1. The van der Waals surface area contributed by atoms with Gasteiger partial charge in [0.1, 0.15) is 11.5 Å². The fraction of sp³-hybridized carbons (Fsp3) is 0.310. The number of anilines is 1. The molecule has 0 fully saturated rings. The molecule has 0 saturated heterocycles. The van der Waals surface area contributed by atoms with Gasteiger partial charge in [-0.05, 0) is 66.9 Å². The van der Waals surface area contributed by atoms with Crippen molar-refractivity contribution in [3.63, 3.8) is 0 Å². The molecule has 0 aliphatic carbocycles. The van der Waals surface area contributed by atoms with Crippen molar-refractivity contribution >= 4 is 29.1 Å². The predicted octanol–water partition coefficient (Wildman–Crippen LogP) is 5.98. The minimum Gasteiger partial charge on any atom is -0.497 e. The Bertz CT molecular complexity index is 1180. The largest absolute Gasteiger partial charge is 0.497 e. The van der Waals surface area contributed by atoms with E-state index in [2.05, 4.69) is 0 Å². The highest BCUT2D eigenvalue weighted by Crippen LogP contribution is 2.27. The van der Waals surface area contributed by atoms with Crippen LogP contribution in [0.1, 0.15) is 41.6 Å². The lowest BCUT2D eigenvalue weighted by Crippen LogP contribution is -2.36. The predicted molar refractivity (Wildman–Crippen MR) is 142 cm³/mol. The molecule has 0 saturated carbocycles. The van der Waals surface area contributed by atoms with Crippen molar-refractivity contribution in [2.75, 3.05) is 31.7 Å². The average Bonchev–Trinajstić information content (AvgIpc) is 2.95. The molecule has 0 bridgehead atoms. The summed E-state index contributed by atoms with van der Waals surface area (Å²) in [7, 11) is 1.59. The van der Waals surface area contributed by atoms with Gasteiger partial charge in [0.15, 0.2) is 6.61 Å². The summed E-state index contributed by atoms with van der Waals surface area (Å²) in [6.45, 7) is 1.60. The van der Waals surface area contributed by atoms with E-state index in [-0.39, 0.29) is 18.4 Å². The topological polar surface area (TPSA) is 59.1 Å². The average molecular weight is 507 g/mol. The fourth-order valence-electron chi connectivity index (χ4n) is 4.34. The molecule has 0 unspecified atom stereocenters. The van der Waals surface area contributed by atoms with E-state index in [1.54, 1.807) is 37.4 Å².